The molecule has 0 radical (unpaired) electrons. The Bertz CT molecular complexity index is 797. The number of aromatic nitrogens is 3. The quantitative estimate of drug-likeness (QED) is 0.645. The first-order valence-corrected chi connectivity index (χ1v) is 7.60. The van der Waals surface area contributed by atoms with Gasteiger partial charge < -0.3 is 15.7 Å². The maximum Gasteiger partial charge on any atom is 0.225 e. The maximum absolute atomic E-state index is 8.94. The topological polar surface area (TPSA) is 83.0 Å². The minimum atomic E-state index is 0.00195. The van der Waals surface area contributed by atoms with Crippen molar-refractivity contribution in [2.45, 2.75) is 6.54 Å². The first-order valence-electron chi connectivity index (χ1n) is 7.22. The fraction of sp³-hybridized carbons (Fsp3) is 0.188. The van der Waals surface area contributed by atoms with E-state index < -0.39 is 0 Å². The molecule has 1 aromatic carbocycles. The van der Waals surface area contributed by atoms with Gasteiger partial charge in [0.1, 0.15) is 5.52 Å². The number of aliphatic hydroxyl groups excluding tert-OH is 1. The van der Waals surface area contributed by atoms with Gasteiger partial charge in [-0.05, 0) is 11.6 Å². The van der Waals surface area contributed by atoms with Crippen molar-refractivity contribution < 1.29 is 5.11 Å². The van der Waals surface area contributed by atoms with E-state index in [9.17, 15) is 0 Å². The van der Waals surface area contributed by atoms with Crippen LogP contribution in [-0.4, -0.2) is 33.2 Å². The minimum absolute atomic E-state index is 0.00195. The van der Waals surface area contributed by atoms with Crippen molar-refractivity contribution in [3.05, 3.63) is 53.2 Å². The van der Waals surface area contributed by atoms with Crippen LogP contribution >= 0.6 is 11.6 Å². The second-order valence-electron chi connectivity index (χ2n) is 4.91. The van der Waals surface area contributed by atoms with E-state index in [0.717, 1.165) is 5.56 Å². The minimum Gasteiger partial charge on any atom is -0.395 e. The summed E-state index contributed by atoms with van der Waals surface area (Å²) in [7, 11) is 0. The normalized spacial score (nSPS) is 10.7. The van der Waals surface area contributed by atoms with Crippen molar-refractivity contribution in [2.24, 2.45) is 0 Å². The highest BCUT2D eigenvalue weighted by Crippen LogP contribution is 2.23. The van der Waals surface area contributed by atoms with E-state index in [1.165, 1.54) is 0 Å². The Hall–Kier alpha value is -2.44. The van der Waals surface area contributed by atoms with Gasteiger partial charge in [-0.15, -0.1) is 0 Å². The van der Waals surface area contributed by atoms with E-state index in [4.69, 9.17) is 16.7 Å². The predicted molar refractivity (Wildman–Crippen MR) is 91.7 cm³/mol. The first kappa shape index (κ1) is 15.5. The van der Waals surface area contributed by atoms with Crippen LogP contribution in [0.15, 0.2) is 42.6 Å². The molecule has 6 nitrogen and oxygen atoms in total. The molecule has 0 spiro atoms. The largest absolute Gasteiger partial charge is 0.395 e. The number of benzene rings is 1. The summed E-state index contributed by atoms with van der Waals surface area (Å²) in [4.78, 5) is 13.1. The zero-order chi connectivity index (χ0) is 16.1. The highest BCUT2D eigenvalue weighted by Gasteiger charge is 2.09. The van der Waals surface area contributed by atoms with Crippen LogP contribution in [0.2, 0.25) is 5.02 Å². The Morgan fingerprint density at radius 1 is 1.09 bits per heavy atom. The predicted octanol–water partition coefficient (Wildman–Crippen LogP) is 2.69. The standard InChI is InChI=1S/C16H16ClN5O/c17-12-8-13-14(19-10-12)15(22-16(21-13)18-6-7-23)20-9-11-4-2-1-3-5-11/h1-5,8,10,23H,6-7,9H2,(H2,18,20,21,22). The summed E-state index contributed by atoms with van der Waals surface area (Å²) in [5, 5.41) is 15.7. The van der Waals surface area contributed by atoms with Gasteiger partial charge in [0.15, 0.2) is 5.82 Å². The van der Waals surface area contributed by atoms with Gasteiger partial charge in [0.25, 0.3) is 0 Å². The highest BCUT2D eigenvalue weighted by atomic mass is 35.5. The average Bonchev–Trinajstić information content (AvgIpc) is 2.58. The Kier molecular flexibility index (Phi) is 4.85. The summed E-state index contributed by atoms with van der Waals surface area (Å²) in [6.07, 6.45) is 1.57. The molecule has 118 valence electrons. The second kappa shape index (κ2) is 7.21. The van der Waals surface area contributed by atoms with Crippen molar-refractivity contribution in [1.82, 2.24) is 15.0 Å². The number of hydrogen-bond donors (Lipinski definition) is 3. The Balaban J connectivity index is 1.92. The number of aliphatic hydroxyl groups is 1. The van der Waals surface area contributed by atoms with Crippen LogP contribution in [0.3, 0.4) is 0 Å². The molecule has 0 aliphatic heterocycles. The number of hydrogen-bond acceptors (Lipinski definition) is 6. The second-order valence-corrected chi connectivity index (χ2v) is 5.34. The molecule has 2 heterocycles. The number of fused-ring (bicyclic) bond motifs is 1. The van der Waals surface area contributed by atoms with Crippen LogP contribution in [0.25, 0.3) is 11.0 Å². The van der Waals surface area contributed by atoms with Crippen LogP contribution in [-0.2, 0) is 6.54 Å². The molecule has 2 aromatic heterocycles. The van der Waals surface area contributed by atoms with E-state index in [1.807, 2.05) is 30.3 Å². The van der Waals surface area contributed by atoms with Gasteiger partial charge in [0, 0.05) is 19.3 Å². The lowest BCUT2D eigenvalue weighted by Gasteiger charge is -2.11. The van der Waals surface area contributed by atoms with E-state index in [1.54, 1.807) is 12.3 Å². The van der Waals surface area contributed by atoms with Crippen LogP contribution in [0.1, 0.15) is 5.56 Å². The lowest BCUT2D eigenvalue weighted by atomic mass is 10.2. The molecule has 0 unspecified atom stereocenters. The van der Waals surface area contributed by atoms with Gasteiger partial charge in [0.2, 0.25) is 5.95 Å². The first-order chi connectivity index (χ1) is 11.3. The number of nitrogens with zero attached hydrogens (tertiary/aromatic N) is 3. The van der Waals surface area contributed by atoms with Crippen molar-refractivity contribution in [2.75, 3.05) is 23.8 Å². The third kappa shape index (κ3) is 3.85. The Labute approximate surface area is 138 Å². The average molecular weight is 330 g/mol. The van der Waals surface area contributed by atoms with E-state index in [-0.39, 0.29) is 6.61 Å². The van der Waals surface area contributed by atoms with E-state index in [0.29, 0.717) is 40.9 Å². The smallest absolute Gasteiger partial charge is 0.225 e. The van der Waals surface area contributed by atoms with Crippen molar-refractivity contribution in [3.63, 3.8) is 0 Å². The number of nitrogens with one attached hydrogen (secondary N) is 2. The number of pyridine rings is 1. The number of anilines is 2. The highest BCUT2D eigenvalue weighted by molar-refractivity contribution is 6.31. The summed E-state index contributed by atoms with van der Waals surface area (Å²) >= 11 is 6.00. The van der Waals surface area contributed by atoms with Crippen molar-refractivity contribution in [3.8, 4) is 0 Å². The van der Waals surface area contributed by atoms with Crippen LogP contribution in [0.4, 0.5) is 11.8 Å². The third-order valence-corrected chi connectivity index (χ3v) is 3.41. The van der Waals surface area contributed by atoms with Gasteiger partial charge in [-0.1, -0.05) is 41.9 Å². The zero-order valence-electron chi connectivity index (χ0n) is 12.3. The van der Waals surface area contributed by atoms with Gasteiger partial charge in [0.05, 0.1) is 17.1 Å². The lowest BCUT2D eigenvalue weighted by molar-refractivity contribution is 0.311. The van der Waals surface area contributed by atoms with Crippen LogP contribution in [0.5, 0.6) is 0 Å². The SMILES string of the molecule is OCCNc1nc(NCc2ccccc2)c2ncc(Cl)cc2n1. The van der Waals surface area contributed by atoms with Crippen LogP contribution in [0, 0.1) is 0 Å². The zero-order valence-corrected chi connectivity index (χ0v) is 13.1. The molecule has 7 heteroatoms. The molecule has 0 amide bonds. The summed E-state index contributed by atoms with van der Waals surface area (Å²) in [6.45, 7) is 0.996. The molecule has 0 atom stereocenters. The molecule has 23 heavy (non-hydrogen) atoms. The molecule has 0 fully saturated rings. The van der Waals surface area contributed by atoms with Crippen LogP contribution < -0.4 is 10.6 Å². The third-order valence-electron chi connectivity index (χ3n) is 3.20. The monoisotopic (exact) mass is 329 g/mol. The molecule has 0 aliphatic rings. The summed E-state index contributed by atoms with van der Waals surface area (Å²) in [6, 6.07) is 11.8. The number of halogens is 1. The Morgan fingerprint density at radius 3 is 2.70 bits per heavy atom. The van der Waals surface area contributed by atoms with E-state index in [2.05, 4.69) is 25.6 Å². The van der Waals surface area contributed by atoms with Gasteiger partial charge in [-0.2, -0.15) is 4.98 Å². The van der Waals surface area contributed by atoms with Gasteiger partial charge in [-0.3, -0.25) is 0 Å². The lowest BCUT2D eigenvalue weighted by Crippen LogP contribution is -2.11. The molecule has 0 aliphatic carbocycles. The van der Waals surface area contributed by atoms with Crippen molar-refractivity contribution >= 4 is 34.4 Å². The fourth-order valence-corrected chi connectivity index (χ4v) is 2.30. The summed E-state index contributed by atoms with van der Waals surface area (Å²) in [5.74, 6) is 1.04. The maximum atomic E-state index is 8.94. The summed E-state index contributed by atoms with van der Waals surface area (Å²) < 4.78 is 0. The van der Waals surface area contributed by atoms with Crippen molar-refractivity contribution in [1.29, 1.82) is 0 Å². The molecule has 0 saturated carbocycles. The Morgan fingerprint density at radius 2 is 1.91 bits per heavy atom. The molecular weight excluding hydrogens is 314 g/mol. The fourth-order valence-electron chi connectivity index (χ4n) is 2.15. The molecule has 0 bridgehead atoms. The van der Waals surface area contributed by atoms with E-state index >= 15 is 0 Å². The summed E-state index contributed by atoms with van der Waals surface area (Å²) in [5.41, 5.74) is 2.43. The number of rotatable bonds is 6. The molecule has 3 rings (SSSR count). The van der Waals surface area contributed by atoms with Gasteiger partial charge in [-0.25, -0.2) is 9.97 Å². The molecule has 3 aromatic rings. The molecule has 3 N–H and O–H groups in total. The van der Waals surface area contributed by atoms with Gasteiger partial charge >= 0.3 is 0 Å². The molecule has 0 saturated heterocycles. The molecular formula is C16H16ClN5O.